The third-order valence-electron chi connectivity index (χ3n) is 3.84. The van der Waals surface area contributed by atoms with Crippen molar-refractivity contribution >= 4 is 17.5 Å². The highest BCUT2D eigenvalue weighted by atomic mass is 35.5. The average Bonchev–Trinajstić information content (AvgIpc) is 2.94. The molecule has 1 aliphatic heterocycles. The molecule has 0 N–H and O–H groups in total. The second-order valence-electron chi connectivity index (χ2n) is 5.38. The van der Waals surface area contributed by atoms with Gasteiger partial charge in [-0.1, -0.05) is 22.8 Å². The van der Waals surface area contributed by atoms with Crippen LogP contribution in [-0.2, 0) is 11.2 Å². The fraction of sp³-hybridized carbons (Fsp3) is 0.400. The Morgan fingerprint density at radius 3 is 3.09 bits per heavy atom. The van der Waals surface area contributed by atoms with Crippen molar-refractivity contribution in [2.45, 2.75) is 25.2 Å². The smallest absolute Gasteiger partial charge is 0.239 e. The van der Waals surface area contributed by atoms with Crippen LogP contribution in [0.4, 0.5) is 4.39 Å². The summed E-state index contributed by atoms with van der Waals surface area (Å²) in [5, 5.41) is 4.17. The van der Waals surface area contributed by atoms with Crippen molar-refractivity contribution in [2.24, 2.45) is 0 Å². The summed E-state index contributed by atoms with van der Waals surface area (Å²) in [4.78, 5) is 18.0. The summed E-state index contributed by atoms with van der Waals surface area (Å²) in [5.74, 6) is -0.226. The molecule has 116 valence electrons. The minimum absolute atomic E-state index is 0.0228. The number of benzene rings is 1. The molecule has 1 fully saturated rings. The van der Waals surface area contributed by atoms with Crippen LogP contribution in [0.1, 0.15) is 36.0 Å². The van der Waals surface area contributed by atoms with E-state index in [9.17, 15) is 9.18 Å². The molecule has 3 rings (SSSR count). The lowest BCUT2D eigenvalue weighted by Crippen LogP contribution is -2.37. The highest BCUT2D eigenvalue weighted by Crippen LogP contribution is 2.27. The SMILES string of the molecule is CN1CCC[C@@H](c2nc(Cc3c(F)cccc3Cl)no2)C1=O. The molecule has 22 heavy (non-hydrogen) atoms. The number of hydrogen-bond acceptors (Lipinski definition) is 4. The Kier molecular flexibility index (Phi) is 4.11. The van der Waals surface area contributed by atoms with Gasteiger partial charge in [-0.15, -0.1) is 0 Å². The van der Waals surface area contributed by atoms with Crippen LogP contribution in [0.25, 0.3) is 0 Å². The molecule has 1 aromatic heterocycles. The van der Waals surface area contributed by atoms with Crippen molar-refractivity contribution in [3.63, 3.8) is 0 Å². The van der Waals surface area contributed by atoms with E-state index in [0.29, 0.717) is 28.7 Å². The topological polar surface area (TPSA) is 59.2 Å². The maximum Gasteiger partial charge on any atom is 0.239 e. The molecule has 1 saturated heterocycles. The van der Waals surface area contributed by atoms with E-state index in [4.69, 9.17) is 16.1 Å². The molecule has 0 aliphatic carbocycles. The highest BCUT2D eigenvalue weighted by Gasteiger charge is 2.32. The van der Waals surface area contributed by atoms with Gasteiger partial charge in [-0.05, 0) is 25.0 Å². The molecule has 0 radical (unpaired) electrons. The minimum Gasteiger partial charge on any atom is -0.345 e. The average molecular weight is 324 g/mol. The van der Waals surface area contributed by atoms with Crippen molar-refractivity contribution in [3.05, 3.63) is 46.3 Å². The predicted molar refractivity (Wildman–Crippen MR) is 78.1 cm³/mol. The van der Waals surface area contributed by atoms with E-state index in [-0.39, 0.29) is 12.3 Å². The summed E-state index contributed by atoms with van der Waals surface area (Å²) in [6.07, 6.45) is 1.71. The van der Waals surface area contributed by atoms with Gasteiger partial charge >= 0.3 is 0 Å². The van der Waals surface area contributed by atoms with Gasteiger partial charge in [0.25, 0.3) is 0 Å². The molecule has 1 aliphatic rings. The molecule has 2 heterocycles. The van der Waals surface area contributed by atoms with Gasteiger partial charge in [0.2, 0.25) is 11.8 Å². The first-order valence-electron chi connectivity index (χ1n) is 7.06. The lowest BCUT2D eigenvalue weighted by Gasteiger charge is -2.26. The number of rotatable bonds is 3. The Morgan fingerprint density at radius 2 is 2.32 bits per heavy atom. The van der Waals surface area contributed by atoms with Crippen LogP contribution < -0.4 is 0 Å². The molecule has 2 aromatic rings. The van der Waals surface area contributed by atoms with Gasteiger partial charge in [0.05, 0.1) is 0 Å². The molecule has 0 bridgehead atoms. The fourth-order valence-corrected chi connectivity index (χ4v) is 2.83. The Hall–Kier alpha value is -1.95. The van der Waals surface area contributed by atoms with E-state index in [2.05, 4.69) is 10.1 Å². The van der Waals surface area contributed by atoms with Gasteiger partial charge in [-0.25, -0.2) is 4.39 Å². The second kappa shape index (κ2) is 6.04. The Bertz CT molecular complexity index is 684. The van der Waals surface area contributed by atoms with E-state index < -0.39 is 11.7 Å². The summed E-state index contributed by atoms with van der Waals surface area (Å²) in [7, 11) is 1.75. The zero-order valence-electron chi connectivity index (χ0n) is 12.1. The minimum atomic E-state index is -0.410. The first-order valence-corrected chi connectivity index (χ1v) is 7.44. The van der Waals surface area contributed by atoms with Gasteiger partial charge < -0.3 is 9.42 Å². The summed E-state index contributed by atoms with van der Waals surface area (Å²) in [6, 6.07) is 4.49. The fourth-order valence-electron chi connectivity index (χ4n) is 2.60. The maximum absolute atomic E-state index is 13.8. The third-order valence-corrected chi connectivity index (χ3v) is 4.19. The number of carbonyl (C=O) groups is 1. The zero-order chi connectivity index (χ0) is 15.7. The van der Waals surface area contributed by atoms with Crippen LogP contribution in [0.3, 0.4) is 0 Å². The van der Waals surface area contributed by atoms with E-state index >= 15 is 0 Å². The van der Waals surface area contributed by atoms with Gasteiger partial charge in [0.15, 0.2) is 5.82 Å². The molecule has 0 unspecified atom stereocenters. The molecule has 0 spiro atoms. The van der Waals surface area contributed by atoms with E-state index in [1.165, 1.54) is 6.07 Å². The molecular formula is C15H15ClFN3O2. The Labute approximate surface area is 132 Å². The van der Waals surface area contributed by atoms with Gasteiger partial charge in [-0.3, -0.25) is 4.79 Å². The van der Waals surface area contributed by atoms with E-state index in [0.717, 1.165) is 13.0 Å². The molecule has 1 amide bonds. The predicted octanol–water partition coefficient (Wildman–Crippen LogP) is 2.79. The van der Waals surface area contributed by atoms with Crippen molar-refractivity contribution < 1.29 is 13.7 Å². The third kappa shape index (κ3) is 2.83. The first kappa shape index (κ1) is 15.0. The summed E-state index contributed by atoms with van der Waals surface area (Å²) < 4.78 is 19.0. The second-order valence-corrected chi connectivity index (χ2v) is 5.79. The first-order chi connectivity index (χ1) is 10.6. The summed E-state index contributed by atoms with van der Waals surface area (Å²) in [5.41, 5.74) is 0.323. The molecule has 7 heteroatoms. The van der Waals surface area contributed by atoms with Gasteiger partial charge in [0.1, 0.15) is 11.7 Å². The number of likely N-dealkylation sites (tertiary alicyclic amines) is 1. The number of nitrogens with zero attached hydrogens (tertiary/aromatic N) is 3. The number of carbonyl (C=O) groups excluding carboxylic acids is 1. The normalized spacial score (nSPS) is 18.8. The van der Waals surface area contributed by atoms with Crippen LogP contribution in [-0.4, -0.2) is 34.5 Å². The zero-order valence-corrected chi connectivity index (χ0v) is 12.8. The van der Waals surface area contributed by atoms with Gasteiger partial charge in [0, 0.05) is 30.6 Å². The maximum atomic E-state index is 13.8. The largest absolute Gasteiger partial charge is 0.345 e. The number of amides is 1. The number of hydrogen-bond donors (Lipinski definition) is 0. The lowest BCUT2D eigenvalue weighted by molar-refractivity contribution is -0.134. The number of piperidine rings is 1. The van der Waals surface area contributed by atoms with Crippen molar-refractivity contribution in [1.29, 1.82) is 0 Å². The Balaban J connectivity index is 1.81. The van der Waals surface area contributed by atoms with Gasteiger partial charge in [-0.2, -0.15) is 4.98 Å². The van der Waals surface area contributed by atoms with Crippen molar-refractivity contribution in [3.8, 4) is 0 Å². The monoisotopic (exact) mass is 323 g/mol. The molecular weight excluding hydrogens is 309 g/mol. The van der Waals surface area contributed by atoms with Crippen molar-refractivity contribution in [1.82, 2.24) is 15.0 Å². The molecule has 0 saturated carbocycles. The van der Waals surface area contributed by atoms with Crippen molar-refractivity contribution in [2.75, 3.05) is 13.6 Å². The van der Waals surface area contributed by atoms with E-state index in [1.54, 1.807) is 24.1 Å². The van der Waals surface area contributed by atoms with Crippen LogP contribution in [0.2, 0.25) is 5.02 Å². The Morgan fingerprint density at radius 1 is 1.50 bits per heavy atom. The molecule has 1 atom stereocenters. The summed E-state index contributed by atoms with van der Waals surface area (Å²) >= 11 is 5.99. The quantitative estimate of drug-likeness (QED) is 0.871. The number of likely N-dealkylation sites (N-methyl/N-ethyl adjacent to an activating group) is 1. The van der Waals surface area contributed by atoms with Crippen LogP contribution in [0, 0.1) is 5.82 Å². The standard InChI is InChI=1S/C15H15ClFN3O2/c1-20-7-3-4-9(15(20)21)14-18-13(19-22-14)8-10-11(16)5-2-6-12(10)17/h2,5-6,9H,3-4,7-8H2,1H3/t9-/m0/s1. The number of halogens is 2. The number of aromatic nitrogens is 2. The van der Waals surface area contributed by atoms with Crippen LogP contribution in [0.5, 0.6) is 0 Å². The van der Waals surface area contributed by atoms with Crippen LogP contribution >= 0.6 is 11.6 Å². The highest BCUT2D eigenvalue weighted by molar-refractivity contribution is 6.31. The summed E-state index contributed by atoms with van der Waals surface area (Å²) in [6.45, 7) is 0.737. The molecule has 1 aromatic carbocycles. The van der Waals surface area contributed by atoms with Crippen LogP contribution in [0.15, 0.2) is 22.7 Å². The lowest BCUT2D eigenvalue weighted by atomic mass is 9.97. The molecule has 5 nitrogen and oxygen atoms in total. The van der Waals surface area contributed by atoms with E-state index in [1.807, 2.05) is 0 Å².